The molecule has 2 heterocycles. The molecule has 0 saturated carbocycles. The average molecular weight is 248 g/mol. The highest BCUT2D eigenvalue weighted by molar-refractivity contribution is 5.37. The van der Waals surface area contributed by atoms with Crippen LogP contribution in [-0.2, 0) is 6.61 Å². The first kappa shape index (κ1) is 12.3. The van der Waals surface area contributed by atoms with Gasteiger partial charge in [-0.05, 0) is 20.8 Å². The normalized spacial score (nSPS) is 10.7. The van der Waals surface area contributed by atoms with Gasteiger partial charge >= 0.3 is 0 Å². The van der Waals surface area contributed by atoms with Gasteiger partial charge < -0.3 is 14.6 Å². The van der Waals surface area contributed by atoms with Crippen LogP contribution in [0.2, 0.25) is 0 Å². The van der Waals surface area contributed by atoms with Crippen molar-refractivity contribution in [3.63, 3.8) is 0 Å². The smallest absolute Gasteiger partial charge is 0.218 e. The molecular weight excluding hydrogens is 232 g/mol. The molecule has 0 aromatic carbocycles. The molecule has 0 aliphatic carbocycles. The van der Waals surface area contributed by atoms with Crippen LogP contribution in [0.5, 0.6) is 5.88 Å². The van der Waals surface area contributed by atoms with Crippen molar-refractivity contribution in [2.24, 2.45) is 0 Å². The fourth-order valence-corrected chi connectivity index (χ4v) is 1.43. The summed E-state index contributed by atoms with van der Waals surface area (Å²) in [4.78, 5) is 8.14. The van der Waals surface area contributed by atoms with Crippen molar-refractivity contribution in [1.82, 2.24) is 15.1 Å². The van der Waals surface area contributed by atoms with E-state index in [9.17, 15) is 0 Å². The molecular formula is C12H16N4O2. The van der Waals surface area contributed by atoms with Crippen LogP contribution in [0.15, 0.2) is 23.0 Å². The number of anilines is 1. The van der Waals surface area contributed by atoms with Crippen molar-refractivity contribution in [3.8, 4) is 5.88 Å². The van der Waals surface area contributed by atoms with Gasteiger partial charge in [0.2, 0.25) is 5.88 Å². The predicted octanol–water partition coefficient (Wildman–Crippen LogP) is 2.17. The van der Waals surface area contributed by atoms with E-state index in [2.05, 4.69) is 20.4 Å². The Hall–Kier alpha value is -2.11. The maximum Gasteiger partial charge on any atom is 0.218 e. The molecule has 0 amide bonds. The Kier molecular flexibility index (Phi) is 3.76. The van der Waals surface area contributed by atoms with E-state index in [4.69, 9.17) is 9.26 Å². The van der Waals surface area contributed by atoms with E-state index >= 15 is 0 Å². The summed E-state index contributed by atoms with van der Waals surface area (Å²) in [7, 11) is 0. The van der Waals surface area contributed by atoms with Crippen LogP contribution in [0.3, 0.4) is 0 Å². The minimum absolute atomic E-state index is 0.311. The summed E-state index contributed by atoms with van der Waals surface area (Å²) in [5, 5.41) is 7.02. The van der Waals surface area contributed by atoms with E-state index in [0.29, 0.717) is 18.5 Å². The molecule has 0 spiro atoms. The summed E-state index contributed by atoms with van der Waals surface area (Å²) < 4.78 is 10.5. The molecule has 96 valence electrons. The zero-order chi connectivity index (χ0) is 13.0. The third-order valence-corrected chi connectivity index (χ3v) is 2.12. The second-order valence-electron chi connectivity index (χ2n) is 4.26. The first-order valence-corrected chi connectivity index (χ1v) is 5.77. The molecule has 0 unspecified atom stereocenters. The van der Waals surface area contributed by atoms with Gasteiger partial charge in [-0.3, -0.25) is 0 Å². The third kappa shape index (κ3) is 3.44. The Morgan fingerprint density at radius 1 is 1.33 bits per heavy atom. The lowest BCUT2D eigenvalue weighted by Gasteiger charge is -2.09. The summed E-state index contributed by atoms with van der Waals surface area (Å²) >= 11 is 0. The Morgan fingerprint density at radius 3 is 2.83 bits per heavy atom. The number of hydrogen-bond donors (Lipinski definition) is 1. The summed E-state index contributed by atoms with van der Waals surface area (Å²) in [6, 6.07) is 3.90. The Morgan fingerprint density at radius 2 is 2.17 bits per heavy atom. The highest BCUT2D eigenvalue weighted by Crippen LogP contribution is 2.13. The summed E-state index contributed by atoms with van der Waals surface area (Å²) in [6.07, 6.45) is 1.47. The van der Waals surface area contributed by atoms with Crippen molar-refractivity contribution in [2.45, 2.75) is 33.4 Å². The first-order valence-electron chi connectivity index (χ1n) is 5.77. The second kappa shape index (κ2) is 5.48. The van der Waals surface area contributed by atoms with E-state index < -0.39 is 0 Å². The minimum Gasteiger partial charge on any atom is -0.471 e. The molecule has 0 saturated heterocycles. The van der Waals surface area contributed by atoms with Crippen molar-refractivity contribution < 1.29 is 9.26 Å². The first-order chi connectivity index (χ1) is 8.63. The van der Waals surface area contributed by atoms with Crippen LogP contribution in [0.1, 0.15) is 25.3 Å². The monoisotopic (exact) mass is 248 g/mol. The predicted molar refractivity (Wildman–Crippen MR) is 66.4 cm³/mol. The van der Waals surface area contributed by atoms with E-state index in [-0.39, 0.29) is 0 Å². The number of aryl methyl sites for hydroxylation is 1. The number of rotatable bonds is 5. The molecule has 0 atom stereocenters. The lowest BCUT2D eigenvalue weighted by Crippen LogP contribution is -2.11. The fraction of sp³-hybridized carbons (Fsp3) is 0.417. The fourth-order valence-electron chi connectivity index (χ4n) is 1.43. The molecule has 2 aromatic rings. The second-order valence-corrected chi connectivity index (χ2v) is 4.26. The van der Waals surface area contributed by atoms with Crippen LogP contribution in [0, 0.1) is 6.92 Å². The topological polar surface area (TPSA) is 73.1 Å². The summed E-state index contributed by atoms with van der Waals surface area (Å²) in [5.41, 5.74) is 0.740. The molecule has 6 nitrogen and oxygen atoms in total. The lowest BCUT2D eigenvalue weighted by atomic mass is 10.4. The summed E-state index contributed by atoms with van der Waals surface area (Å²) in [5.74, 6) is 2.01. The number of aromatic nitrogens is 3. The van der Waals surface area contributed by atoms with Crippen molar-refractivity contribution >= 4 is 5.82 Å². The summed E-state index contributed by atoms with van der Waals surface area (Å²) in [6.45, 7) is 6.25. The van der Waals surface area contributed by atoms with E-state index in [1.807, 2.05) is 26.8 Å². The van der Waals surface area contributed by atoms with Gasteiger partial charge in [-0.2, -0.15) is 0 Å². The molecule has 2 rings (SSSR count). The van der Waals surface area contributed by atoms with Crippen molar-refractivity contribution in [2.75, 3.05) is 5.32 Å². The average Bonchev–Trinajstić information content (AvgIpc) is 2.72. The van der Waals surface area contributed by atoms with Crippen molar-refractivity contribution in [3.05, 3.63) is 29.9 Å². The van der Waals surface area contributed by atoms with Gasteiger partial charge in [-0.25, -0.2) is 9.97 Å². The van der Waals surface area contributed by atoms with Gasteiger partial charge in [0.1, 0.15) is 30.2 Å². The third-order valence-electron chi connectivity index (χ3n) is 2.12. The molecule has 2 aromatic heterocycles. The van der Waals surface area contributed by atoms with Crippen LogP contribution < -0.4 is 10.1 Å². The Labute approximate surface area is 105 Å². The van der Waals surface area contributed by atoms with E-state index in [1.54, 1.807) is 6.07 Å². The highest BCUT2D eigenvalue weighted by atomic mass is 16.5. The maximum atomic E-state index is 5.51. The molecule has 1 N–H and O–H groups in total. The van der Waals surface area contributed by atoms with Gasteiger partial charge in [0, 0.05) is 18.2 Å². The largest absolute Gasteiger partial charge is 0.471 e. The number of ether oxygens (including phenoxy) is 1. The molecule has 6 heteroatoms. The molecule has 18 heavy (non-hydrogen) atoms. The minimum atomic E-state index is 0.311. The van der Waals surface area contributed by atoms with Crippen LogP contribution >= 0.6 is 0 Å². The van der Waals surface area contributed by atoms with Crippen LogP contribution in [0.25, 0.3) is 0 Å². The quantitative estimate of drug-likeness (QED) is 0.874. The Balaban J connectivity index is 1.96. The number of nitrogens with one attached hydrogen (secondary N) is 1. The van der Waals surface area contributed by atoms with Crippen molar-refractivity contribution in [1.29, 1.82) is 0 Å². The zero-order valence-electron chi connectivity index (χ0n) is 10.7. The number of hydrogen-bond acceptors (Lipinski definition) is 6. The molecule has 0 bridgehead atoms. The van der Waals surface area contributed by atoms with Gasteiger partial charge in [-0.1, -0.05) is 5.16 Å². The molecule has 0 aliphatic rings. The molecule has 0 radical (unpaired) electrons. The molecule has 0 fully saturated rings. The van der Waals surface area contributed by atoms with Gasteiger partial charge in [-0.15, -0.1) is 0 Å². The van der Waals surface area contributed by atoms with Crippen LogP contribution in [-0.4, -0.2) is 21.2 Å². The van der Waals surface area contributed by atoms with E-state index in [0.717, 1.165) is 17.3 Å². The zero-order valence-corrected chi connectivity index (χ0v) is 10.7. The van der Waals surface area contributed by atoms with Gasteiger partial charge in [0.05, 0.1) is 0 Å². The SMILES string of the molecule is Cc1cc(COc2cc(NC(C)C)ncn2)no1. The maximum absolute atomic E-state index is 5.51. The Bertz CT molecular complexity index is 510. The molecule has 0 aliphatic heterocycles. The number of nitrogens with zero attached hydrogens (tertiary/aromatic N) is 3. The van der Waals surface area contributed by atoms with Crippen LogP contribution in [0.4, 0.5) is 5.82 Å². The highest BCUT2D eigenvalue weighted by Gasteiger charge is 2.04. The van der Waals surface area contributed by atoms with Gasteiger partial charge in [0.15, 0.2) is 0 Å². The van der Waals surface area contributed by atoms with Gasteiger partial charge in [0.25, 0.3) is 0 Å². The standard InChI is InChI=1S/C12H16N4O2/c1-8(2)15-11-5-12(14-7-13-11)17-6-10-4-9(3)18-16-10/h4-5,7-8H,6H2,1-3H3,(H,13,14,15). The van der Waals surface area contributed by atoms with E-state index in [1.165, 1.54) is 6.33 Å². The lowest BCUT2D eigenvalue weighted by molar-refractivity contribution is 0.277.